The number of hydrogen-bond donors (Lipinski definition) is 1. The van der Waals surface area contributed by atoms with E-state index in [-0.39, 0.29) is 5.91 Å². The number of hydrogen-bond acceptors (Lipinski definition) is 4. The first-order valence-electron chi connectivity index (χ1n) is 10.6. The van der Waals surface area contributed by atoms with E-state index < -0.39 is 0 Å². The molecule has 2 atom stereocenters. The first-order valence-corrected chi connectivity index (χ1v) is 11.0. The molecule has 1 aromatic carbocycles. The summed E-state index contributed by atoms with van der Waals surface area (Å²) in [6, 6.07) is 14.5. The van der Waals surface area contributed by atoms with Crippen molar-refractivity contribution in [3.05, 3.63) is 88.6 Å². The van der Waals surface area contributed by atoms with Gasteiger partial charge in [0.15, 0.2) is 0 Å². The molecule has 0 spiro atoms. The SMILES string of the molecule is Cc1c([C@@H]2C[C@H]2C)nc2ccc(NC(=O)c3ccc(OCc4ccc(Cl)cn4)cc3)cn12. The largest absolute Gasteiger partial charge is 0.487 e. The molecule has 6 nitrogen and oxygen atoms in total. The lowest BCUT2D eigenvalue weighted by atomic mass is 10.2. The van der Waals surface area contributed by atoms with E-state index in [1.807, 2.05) is 24.4 Å². The average molecular weight is 447 g/mol. The minimum absolute atomic E-state index is 0.177. The second-order valence-electron chi connectivity index (χ2n) is 8.28. The summed E-state index contributed by atoms with van der Waals surface area (Å²) in [5.41, 5.74) is 5.28. The molecular formula is C25H23ClN4O2. The maximum Gasteiger partial charge on any atom is 0.255 e. The molecule has 1 aliphatic rings. The third-order valence-corrected chi connectivity index (χ3v) is 6.13. The number of pyridine rings is 2. The Balaban J connectivity index is 1.24. The van der Waals surface area contributed by atoms with Crippen LogP contribution in [0.4, 0.5) is 5.69 Å². The van der Waals surface area contributed by atoms with Crippen LogP contribution in [-0.4, -0.2) is 20.3 Å². The predicted octanol–water partition coefficient (Wildman–Crippen LogP) is 5.65. The summed E-state index contributed by atoms with van der Waals surface area (Å²) in [7, 11) is 0. The molecule has 1 N–H and O–H groups in total. The zero-order valence-electron chi connectivity index (χ0n) is 17.9. The third kappa shape index (κ3) is 4.18. The number of amides is 1. The number of anilines is 1. The van der Waals surface area contributed by atoms with Crippen molar-refractivity contribution in [1.29, 1.82) is 0 Å². The summed E-state index contributed by atoms with van der Waals surface area (Å²) in [6.45, 7) is 4.67. The van der Waals surface area contributed by atoms with Gasteiger partial charge in [-0.2, -0.15) is 0 Å². The molecule has 0 saturated heterocycles. The van der Waals surface area contributed by atoms with Gasteiger partial charge in [-0.3, -0.25) is 9.78 Å². The molecule has 1 amide bonds. The monoisotopic (exact) mass is 446 g/mol. The molecular weight excluding hydrogens is 424 g/mol. The molecule has 32 heavy (non-hydrogen) atoms. The average Bonchev–Trinajstić information content (AvgIpc) is 3.44. The van der Waals surface area contributed by atoms with Crippen molar-refractivity contribution in [3.8, 4) is 5.75 Å². The number of imidazole rings is 1. The highest BCUT2D eigenvalue weighted by molar-refractivity contribution is 6.30. The maximum absolute atomic E-state index is 12.7. The van der Waals surface area contributed by atoms with Gasteiger partial charge < -0.3 is 14.5 Å². The fourth-order valence-electron chi connectivity index (χ4n) is 3.86. The van der Waals surface area contributed by atoms with Crippen LogP contribution in [0.1, 0.15) is 46.7 Å². The van der Waals surface area contributed by atoms with Gasteiger partial charge in [-0.05, 0) is 67.8 Å². The molecule has 4 aromatic rings. The number of halogens is 1. The minimum atomic E-state index is -0.177. The Bertz CT molecular complexity index is 1280. The van der Waals surface area contributed by atoms with Crippen molar-refractivity contribution in [2.45, 2.75) is 32.8 Å². The summed E-state index contributed by atoms with van der Waals surface area (Å²) in [5.74, 6) is 1.75. The van der Waals surface area contributed by atoms with Crippen molar-refractivity contribution in [3.63, 3.8) is 0 Å². The van der Waals surface area contributed by atoms with Gasteiger partial charge in [-0.25, -0.2) is 4.98 Å². The fourth-order valence-corrected chi connectivity index (χ4v) is 3.98. The minimum Gasteiger partial charge on any atom is -0.487 e. The van der Waals surface area contributed by atoms with E-state index in [2.05, 4.69) is 28.5 Å². The summed E-state index contributed by atoms with van der Waals surface area (Å²) < 4.78 is 7.79. The normalized spacial score (nSPS) is 17.3. The number of rotatable bonds is 6. The Morgan fingerprint density at radius 3 is 2.66 bits per heavy atom. The standard InChI is InChI=1S/C25H23ClN4O2/c1-15-11-22(15)24-16(2)30-13-19(7-10-23(30)29-24)28-25(31)17-3-8-21(9-4-17)32-14-20-6-5-18(26)12-27-20/h3-10,12-13,15,22H,11,14H2,1-2H3,(H,28,31)/t15-,22-/m1/s1. The molecule has 0 radical (unpaired) electrons. The number of nitrogens with zero attached hydrogens (tertiary/aromatic N) is 3. The summed E-state index contributed by atoms with van der Waals surface area (Å²) in [5, 5.41) is 3.56. The van der Waals surface area contributed by atoms with Crippen LogP contribution in [0, 0.1) is 12.8 Å². The van der Waals surface area contributed by atoms with E-state index in [9.17, 15) is 4.79 Å². The smallest absolute Gasteiger partial charge is 0.255 e. The van der Waals surface area contributed by atoms with Gasteiger partial charge in [-0.15, -0.1) is 0 Å². The van der Waals surface area contributed by atoms with Crippen LogP contribution in [0.15, 0.2) is 60.9 Å². The lowest BCUT2D eigenvalue weighted by Crippen LogP contribution is -2.12. The van der Waals surface area contributed by atoms with Gasteiger partial charge in [0.1, 0.15) is 18.0 Å². The van der Waals surface area contributed by atoms with E-state index in [4.69, 9.17) is 21.3 Å². The Labute approximate surface area is 191 Å². The van der Waals surface area contributed by atoms with Crippen LogP contribution in [0.2, 0.25) is 5.02 Å². The lowest BCUT2D eigenvalue weighted by Gasteiger charge is -2.09. The van der Waals surface area contributed by atoms with Crippen LogP contribution in [0.5, 0.6) is 5.75 Å². The van der Waals surface area contributed by atoms with Crippen molar-refractivity contribution >= 4 is 28.8 Å². The first kappa shape index (κ1) is 20.5. The Morgan fingerprint density at radius 2 is 1.97 bits per heavy atom. The number of benzene rings is 1. The van der Waals surface area contributed by atoms with Gasteiger partial charge in [0.2, 0.25) is 0 Å². The first-order chi connectivity index (χ1) is 15.5. The van der Waals surface area contributed by atoms with Crippen molar-refractivity contribution in [1.82, 2.24) is 14.4 Å². The second-order valence-corrected chi connectivity index (χ2v) is 8.72. The van der Waals surface area contributed by atoms with Crippen LogP contribution in [0.25, 0.3) is 5.65 Å². The second kappa shape index (κ2) is 8.28. The summed E-state index contributed by atoms with van der Waals surface area (Å²) in [6.07, 6.45) is 4.72. The predicted molar refractivity (Wildman–Crippen MR) is 124 cm³/mol. The van der Waals surface area contributed by atoms with Crippen molar-refractivity contribution in [2.24, 2.45) is 5.92 Å². The van der Waals surface area contributed by atoms with Crippen molar-refractivity contribution in [2.75, 3.05) is 5.32 Å². The molecule has 0 bridgehead atoms. The van der Waals surface area contributed by atoms with Gasteiger partial charge in [0, 0.05) is 29.6 Å². The molecule has 1 fully saturated rings. The topological polar surface area (TPSA) is 68.5 Å². The lowest BCUT2D eigenvalue weighted by molar-refractivity contribution is 0.102. The van der Waals surface area contributed by atoms with Crippen LogP contribution in [0.3, 0.4) is 0 Å². The summed E-state index contributed by atoms with van der Waals surface area (Å²) in [4.78, 5) is 21.7. The number of aryl methyl sites for hydroxylation is 1. The number of carbonyl (C=O) groups excluding carboxylic acids is 1. The highest BCUT2D eigenvalue weighted by atomic mass is 35.5. The van der Waals surface area contributed by atoms with Crippen LogP contribution < -0.4 is 10.1 Å². The van der Waals surface area contributed by atoms with E-state index in [0.29, 0.717) is 34.8 Å². The molecule has 0 aliphatic heterocycles. The highest BCUT2D eigenvalue weighted by Gasteiger charge is 2.37. The molecule has 7 heteroatoms. The van der Waals surface area contributed by atoms with Gasteiger partial charge in [-0.1, -0.05) is 18.5 Å². The van der Waals surface area contributed by atoms with E-state index in [0.717, 1.165) is 22.7 Å². The zero-order valence-corrected chi connectivity index (χ0v) is 18.6. The zero-order chi connectivity index (χ0) is 22.2. The molecule has 1 aliphatic carbocycles. The quantitative estimate of drug-likeness (QED) is 0.415. The number of nitrogens with one attached hydrogen (secondary N) is 1. The molecule has 5 rings (SSSR count). The highest BCUT2D eigenvalue weighted by Crippen LogP contribution is 2.47. The van der Waals surface area contributed by atoms with Crippen molar-refractivity contribution < 1.29 is 9.53 Å². The molecule has 0 unspecified atom stereocenters. The Morgan fingerprint density at radius 1 is 1.19 bits per heavy atom. The Hall–Kier alpha value is -3.38. The van der Waals surface area contributed by atoms with Crippen LogP contribution in [-0.2, 0) is 6.61 Å². The van der Waals surface area contributed by atoms with E-state index in [1.165, 1.54) is 12.1 Å². The Kier molecular flexibility index (Phi) is 5.31. The van der Waals surface area contributed by atoms with Gasteiger partial charge >= 0.3 is 0 Å². The maximum atomic E-state index is 12.7. The molecule has 1 saturated carbocycles. The molecule has 162 valence electrons. The number of aromatic nitrogens is 3. The summed E-state index contributed by atoms with van der Waals surface area (Å²) >= 11 is 5.85. The number of ether oxygens (including phenoxy) is 1. The number of carbonyl (C=O) groups is 1. The van der Waals surface area contributed by atoms with Gasteiger partial charge in [0.05, 0.1) is 22.1 Å². The third-order valence-electron chi connectivity index (χ3n) is 5.90. The van der Waals surface area contributed by atoms with Gasteiger partial charge in [0.25, 0.3) is 5.91 Å². The number of fused-ring (bicyclic) bond motifs is 1. The van der Waals surface area contributed by atoms with E-state index in [1.54, 1.807) is 36.5 Å². The fraction of sp³-hybridized carbons (Fsp3) is 0.240. The van der Waals surface area contributed by atoms with E-state index >= 15 is 0 Å². The molecule has 3 heterocycles. The van der Waals surface area contributed by atoms with Crippen LogP contribution >= 0.6 is 11.6 Å². The molecule has 3 aromatic heterocycles.